The van der Waals surface area contributed by atoms with Crippen LogP contribution in [0.3, 0.4) is 0 Å². The van der Waals surface area contributed by atoms with E-state index in [0.717, 1.165) is 12.3 Å². The summed E-state index contributed by atoms with van der Waals surface area (Å²) in [6.45, 7) is 0.434. The zero-order valence-corrected chi connectivity index (χ0v) is 9.67. The molecule has 0 spiro atoms. The fraction of sp³-hybridized carbons (Fsp3) is 0.769. The van der Waals surface area contributed by atoms with Crippen molar-refractivity contribution in [2.24, 2.45) is 5.92 Å². The van der Waals surface area contributed by atoms with Gasteiger partial charge in [-0.05, 0) is 12.3 Å². The summed E-state index contributed by atoms with van der Waals surface area (Å²) in [7, 11) is 1.78. The molecular formula is C13H21NO. The van der Waals surface area contributed by atoms with Crippen LogP contribution in [0, 0.1) is 18.3 Å². The maximum Gasteiger partial charge on any atom is 0.223 e. The lowest BCUT2D eigenvalue weighted by Crippen LogP contribution is -2.27. The molecule has 1 aliphatic carbocycles. The summed E-state index contributed by atoms with van der Waals surface area (Å²) in [6, 6.07) is 0. The van der Waals surface area contributed by atoms with Crippen LogP contribution < -0.4 is 0 Å². The molecule has 2 heteroatoms. The standard InChI is InChI=1S/C13H21NO/c1-3-11-14(2)13(15)10-9-12-7-5-4-6-8-12/h1,12H,4-11H2,2H3. The number of hydrogen-bond acceptors (Lipinski definition) is 1. The predicted molar refractivity (Wildman–Crippen MR) is 62.3 cm³/mol. The topological polar surface area (TPSA) is 20.3 Å². The maximum absolute atomic E-state index is 11.6. The molecule has 1 rings (SSSR count). The van der Waals surface area contributed by atoms with Gasteiger partial charge in [0.05, 0.1) is 6.54 Å². The quantitative estimate of drug-likeness (QED) is 0.648. The summed E-state index contributed by atoms with van der Waals surface area (Å²) in [5, 5.41) is 0. The number of carbonyl (C=O) groups is 1. The minimum atomic E-state index is 0.193. The fourth-order valence-corrected chi connectivity index (χ4v) is 2.22. The lowest BCUT2D eigenvalue weighted by atomic mass is 9.86. The van der Waals surface area contributed by atoms with Gasteiger partial charge in [-0.25, -0.2) is 0 Å². The first-order chi connectivity index (χ1) is 7.24. The summed E-state index contributed by atoms with van der Waals surface area (Å²) in [6.07, 6.45) is 13.6. The van der Waals surface area contributed by atoms with Crippen molar-refractivity contribution in [2.75, 3.05) is 13.6 Å². The molecule has 0 heterocycles. The Kier molecular flexibility index (Phi) is 5.25. The van der Waals surface area contributed by atoms with Gasteiger partial charge in [0.15, 0.2) is 0 Å². The molecule has 0 aromatic heterocycles. The van der Waals surface area contributed by atoms with Gasteiger partial charge in [-0.1, -0.05) is 38.0 Å². The average molecular weight is 207 g/mol. The SMILES string of the molecule is C#CCN(C)C(=O)CCC1CCCCC1. The minimum Gasteiger partial charge on any atom is -0.335 e. The molecule has 1 aliphatic rings. The van der Waals surface area contributed by atoms with E-state index >= 15 is 0 Å². The highest BCUT2D eigenvalue weighted by atomic mass is 16.2. The van der Waals surface area contributed by atoms with E-state index in [9.17, 15) is 4.79 Å². The molecule has 0 bridgehead atoms. The Morgan fingerprint density at radius 3 is 2.67 bits per heavy atom. The normalized spacial score (nSPS) is 17.1. The first-order valence-corrected chi connectivity index (χ1v) is 5.91. The summed E-state index contributed by atoms with van der Waals surface area (Å²) in [4.78, 5) is 13.2. The highest BCUT2D eigenvalue weighted by Gasteiger charge is 2.15. The molecule has 2 nitrogen and oxygen atoms in total. The Bertz CT molecular complexity index is 235. The van der Waals surface area contributed by atoms with Crippen LogP contribution in [-0.4, -0.2) is 24.4 Å². The third-order valence-electron chi connectivity index (χ3n) is 3.25. The van der Waals surface area contributed by atoms with E-state index in [4.69, 9.17) is 6.42 Å². The molecule has 0 atom stereocenters. The van der Waals surface area contributed by atoms with Crippen molar-refractivity contribution in [3.8, 4) is 12.3 Å². The fourth-order valence-electron chi connectivity index (χ4n) is 2.22. The van der Waals surface area contributed by atoms with Gasteiger partial charge in [0, 0.05) is 13.5 Å². The van der Waals surface area contributed by atoms with Gasteiger partial charge in [-0.3, -0.25) is 4.79 Å². The van der Waals surface area contributed by atoms with E-state index in [-0.39, 0.29) is 5.91 Å². The number of rotatable bonds is 4. The molecule has 84 valence electrons. The number of amides is 1. The van der Waals surface area contributed by atoms with Crippen LogP contribution in [0.1, 0.15) is 44.9 Å². The minimum absolute atomic E-state index is 0.193. The third-order valence-corrected chi connectivity index (χ3v) is 3.25. The lowest BCUT2D eigenvalue weighted by Gasteiger charge is -2.22. The van der Waals surface area contributed by atoms with Crippen molar-refractivity contribution < 1.29 is 4.79 Å². The first-order valence-electron chi connectivity index (χ1n) is 5.91. The second kappa shape index (κ2) is 6.50. The van der Waals surface area contributed by atoms with Gasteiger partial charge in [0.2, 0.25) is 5.91 Å². The molecular weight excluding hydrogens is 186 g/mol. The summed E-state index contributed by atoms with van der Waals surface area (Å²) >= 11 is 0. The van der Waals surface area contributed by atoms with Crippen molar-refractivity contribution in [2.45, 2.75) is 44.9 Å². The Balaban J connectivity index is 2.18. The number of nitrogens with zero attached hydrogens (tertiary/aromatic N) is 1. The Morgan fingerprint density at radius 2 is 2.07 bits per heavy atom. The first kappa shape index (κ1) is 12.1. The molecule has 0 aromatic carbocycles. The highest BCUT2D eigenvalue weighted by molar-refractivity contribution is 5.76. The van der Waals surface area contributed by atoms with Crippen LogP contribution in [0.5, 0.6) is 0 Å². The molecule has 0 saturated heterocycles. The smallest absolute Gasteiger partial charge is 0.223 e. The van der Waals surface area contributed by atoms with Gasteiger partial charge < -0.3 is 4.90 Å². The van der Waals surface area contributed by atoms with Crippen LogP contribution in [0.4, 0.5) is 0 Å². The molecule has 0 N–H and O–H groups in total. The molecule has 0 aliphatic heterocycles. The van der Waals surface area contributed by atoms with Crippen LogP contribution in [0.2, 0.25) is 0 Å². The van der Waals surface area contributed by atoms with E-state index in [1.165, 1.54) is 32.1 Å². The number of carbonyl (C=O) groups excluding carboxylic acids is 1. The number of terminal acetylenes is 1. The van der Waals surface area contributed by atoms with Crippen molar-refractivity contribution in [3.05, 3.63) is 0 Å². The molecule has 1 fully saturated rings. The molecule has 0 aromatic rings. The highest BCUT2D eigenvalue weighted by Crippen LogP contribution is 2.27. The van der Waals surface area contributed by atoms with Gasteiger partial charge in [-0.15, -0.1) is 6.42 Å². The van der Waals surface area contributed by atoms with Crippen molar-refractivity contribution in [1.82, 2.24) is 4.90 Å². The Morgan fingerprint density at radius 1 is 1.40 bits per heavy atom. The van der Waals surface area contributed by atoms with Gasteiger partial charge >= 0.3 is 0 Å². The van der Waals surface area contributed by atoms with Crippen molar-refractivity contribution in [3.63, 3.8) is 0 Å². The van der Waals surface area contributed by atoms with Crippen LogP contribution >= 0.6 is 0 Å². The molecule has 1 amide bonds. The van der Waals surface area contributed by atoms with Crippen molar-refractivity contribution in [1.29, 1.82) is 0 Å². The van der Waals surface area contributed by atoms with E-state index < -0.39 is 0 Å². The summed E-state index contributed by atoms with van der Waals surface area (Å²) in [5.74, 6) is 3.46. The van der Waals surface area contributed by atoms with Crippen molar-refractivity contribution >= 4 is 5.91 Å². The Hall–Kier alpha value is -0.970. The zero-order valence-electron chi connectivity index (χ0n) is 9.67. The maximum atomic E-state index is 11.6. The summed E-state index contributed by atoms with van der Waals surface area (Å²) in [5.41, 5.74) is 0. The van der Waals surface area contributed by atoms with E-state index in [2.05, 4.69) is 5.92 Å². The molecule has 15 heavy (non-hydrogen) atoms. The van der Waals surface area contributed by atoms with E-state index in [1.807, 2.05) is 0 Å². The second-order valence-electron chi connectivity index (χ2n) is 4.50. The average Bonchev–Trinajstić information content (AvgIpc) is 2.27. The third kappa shape index (κ3) is 4.38. The van der Waals surface area contributed by atoms with Crippen LogP contribution in [0.15, 0.2) is 0 Å². The largest absolute Gasteiger partial charge is 0.335 e. The van der Waals surface area contributed by atoms with Crippen LogP contribution in [0.25, 0.3) is 0 Å². The molecule has 1 saturated carbocycles. The predicted octanol–water partition coefficient (Wildman–Crippen LogP) is 2.44. The second-order valence-corrected chi connectivity index (χ2v) is 4.50. The monoisotopic (exact) mass is 207 g/mol. The van der Waals surface area contributed by atoms with Gasteiger partial charge in [0.1, 0.15) is 0 Å². The lowest BCUT2D eigenvalue weighted by molar-refractivity contribution is -0.129. The molecule has 0 unspecified atom stereocenters. The van der Waals surface area contributed by atoms with E-state index in [1.54, 1.807) is 11.9 Å². The summed E-state index contributed by atoms with van der Waals surface area (Å²) < 4.78 is 0. The van der Waals surface area contributed by atoms with Gasteiger partial charge in [-0.2, -0.15) is 0 Å². The zero-order chi connectivity index (χ0) is 11.1. The number of hydrogen-bond donors (Lipinski definition) is 0. The molecule has 0 radical (unpaired) electrons. The van der Waals surface area contributed by atoms with Gasteiger partial charge in [0.25, 0.3) is 0 Å². The Labute approximate surface area is 93.0 Å². The van der Waals surface area contributed by atoms with Crippen LogP contribution in [-0.2, 0) is 4.79 Å². The van der Waals surface area contributed by atoms with E-state index in [0.29, 0.717) is 13.0 Å².